The first-order valence-corrected chi connectivity index (χ1v) is 8.30. The summed E-state index contributed by atoms with van der Waals surface area (Å²) in [6, 6.07) is 6.63. The molecule has 1 aliphatic rings. The van der Waals surface area contributed by atoms with Gasteiger partial charge in [0.05, 0.1) is 7.11 Å². The Labute approximate surface area is 147 Å². The van der Waals surface area contributed by atoms with Gasteiger partial charge >= 0.3 is 0 Å². The number of likely N-dealkylation sites (N-methyl/N-ethyl adjacent to an activating group) is 1. The van der Waals surface area contributed by atoms with E-state index in [1.807, 2.05) is 0 Å². The molecule has 23 heavy (non-hydrogen) atoms. The van der Waals surface area contributed by atoms with Crippen molar-refractivity contribution in [1.82, 2.24) is 14.7 Å². The van der Waals surface area contributed by atoms with Crippen LogP contribution >= 0.6 is 12.4 Å². The Hall–Kier alpha value is -0.810. The zero-order valence-electron chi connectivity index (χ0n) is 15.0. The fraction of sp³-hybridized carbons (Fsp3) is 0.667. The summed E-state index contributed by atoms with van der Waals surface area (Å²) in [6.07, 6.45) is 2.38. The van der Waals surface area contributed by atoms with Gasteiger partial charge in [0.2, 0.25) is 0 Å². The Morgan fingerprint density at radius 2 is 1.83 bits per heavy atom. The van der Waals surface area contributed by atoms with Gasteiger partial charge in [-0.2, -0.15) is 0 Å². The van der Waals surface area contributed by atoms with E-state index in [0.717, 1.165) is 18.7 Å². The topological polar surface area (TPSA) is 19.0 Å². The second-order valence-electron chi connectivity index (χ2n) is 6.63. The smallest absolute Gasteiger partial charge is 0.123 e. The van der Waals surface area contributed by atoms with E-state index >= 15 is 0 Å². The minimum atomic E-state index is 0. The van der Waals surface area contributed by atoms with Crippen molar-refractivity contribution in [2.45, 2.75) is 19.4 Å². The maximum atomic E-state index is 5.47. The second-order valence-corrected chi connectivity index (χ2v) is 6.63. The van der Waals surface area contributed by atoms with Gasteiger partial charge in [0.25, 0.3) is 0 Å². The van der Waals surface area contributed by atoms with E-state index in [-0.39, 0.29) is 12.4 Å². The lowest BCUT2D eigenvalue weighted by atomic mass is 10.0. The maximum Gasteiger partial charge on any atom is 0.123 e. The highest BCUT2D eigenvalue weighted by atomic mass is 35.5. The minimum absolute atomic E-state index is 0. The normalized spacial score (nSPS) is 16.4. The van der Waals surface area contributed by atoms with Crippen molar-refractivity contribution in [2.24, 2.45) is 0 Å². The molecule has 1 aromatic rings. The van der Waals surface area contributed by atoms with E-state index in [4.69, 9.17) is 4.74 Å². The van der Waals surface area contributed by atoms with Crippen LogP contribution in [0.15, 0.2) is 18.2 Å². The number of ether oxygens (including phenoxy) is 1. The van der Waals surface area contributed by atoms with Crippen LogP contribution in [0.2, 0.25) is 0 Å². The van der Waals surface area contributed by atoms with E-state index in [0.29, 0.717) is 0 Å². The molecule has 0 amide bonds. The Balaban J connectivity index is 0.00000264. The fourth-order valence-electron chi connectivity index (χ4n) is 3.03. The number of rotatable bonds is 7. The van der Waals surface area contributed by atoms with Gasteiger partial charge in [0.1, 0.15) is 5.75 Å². The third kappa shape index (κ3) is 6.68. The molecule has 5 heteroatoms. The average Bonchev–Trinajstić information content (AvgIpc) is 2.49. The summed E-state index contributed by atoms with van der Waals surface area (Å²) in [5, 5.41) is 0. The molecule has 132 valence electrons. The first kappa shape index (κ1) is 20.2. The van der Waals surface area contributed by atoms with Crippen LogP contribution in [0.4, 0.5) is 0 Å². The molecule has 1 fully saturated rings. The van der Waals surface area contributed by atoms with Crippen LogP contribution in [-0.4, -0.2) is 75.7 Å². The van der Waals surface area contributed by atoms with Crippen molar-refractivity contribution in [3.8, 4) is 5.75 Å². The highest BCUT2D eigenvalue weighted by Gasteiger charge is 2.13. The van der Waals surface area contributed by atoms with Gasteiger partial charge in [-0.3, -0.25) is 0 Å². The lowest BCUT2D eigenvalue weighted by Gasteiger charge is -2.32. The highest BCUT2D eigenvalue weighted by Crippen LogP contribution is 2.21. The summed E-state index contributed by atoms with van der Waals surface area (Å²) in [6.45, 7) is 6.97. The molecule has 0 N–H and O–H groups in total. The first-order chi connectivity index (χ1) is 10.6. The summed E-state index contributed by atoms with van der Waals surface area (Å²) >= 11 is 0. The first-order valence-electron chi connectivity index (χ1n) is 8.30. The van der Waals surface area contributed by atoms with Gasteiger partial charge in [-0.15, -0.1) is 12.4 Å². The number of methoxy groups -OCH3 is 1. The molecule has 0 atom stereocenters. The predicted octanol–water partition coefficient (Wildman–Crippen LogP) is 2.36. The highest BCUT2D eigenvalue weighted by molar-refractivity contribution is 5.85. The molecule has 0 saturated carbocycles. The van der Waals surface area contributed by atoms with Gasteiger partial charge in [0, 0.05) is 38.3 Å². The van der Waals surface area contributed by atoms with E-state index in [2.05, 4.69) is 54.0 Å². The maximum absolute atomic E-state index is 5.47. The van der Waals surface area contributed by atoms with Crippen LogP contribution in [0.5, 0.6) is 5.75 Å². The van der Waals surface area contributed by atoms with Crippen LogP contribution in [0, 0.1) is 0 Å². The Kier molecular flexibility index (Phi) is 8.92. The third-order valence-corrected chi connectivity index (χ3v) is 4.37. The van der Waals surface area contributed by atoms with E-state index < -0.39 is 0 Å². The van der Waals surface area contributed by atoms with Gasteiger partial charge in [0.15, 0.2) is 0 Å². The quantitative estimate of drug-likeness (QED) is 0.757. The molecule has 4 nitrogen and oxygen atoms in total. The summed E-state index contributed by atoms with van der Waals surface area (Å²) in [7, 11) is 8.15. The lowest BCUT2D eigenvalue weighted by molar-refractivity contribution is 0.153. The molecular weight excluding hydrogens is 310 g/mol. The van der Waals surface area contributed by atoms with Gasteiger partial charge in [-0.1, -0.05) is 12.1 Å². The number of nitrogens with zero attached hydrogens (tertiary/aromatic N) is 3. The standard InChI is InChI=1S/C18H31N3O.ClH/c1-19(2)15-17-14-16(7-8-18(17)22-4)6-5-9-21-12-10-20(3)11-13-21;/h7-8,14H,5-6,9-13,15H2,1-4H3;1H. The van der Waals surface area contributed by atoms with Crippen LogP contribution in [0.1, 0.15) is 17.5 Å². The molecule has 1 saturated heterocycles. The number of benzene rings is 1. The van der Waals surface area contributed by atoms with E-state index in [1.54, 1.807) is 7.11 Å². The second kappa shape index (κ2) is 10.1. The van der Waals surface area contributed by atoms with Crippen molar-refractivity contribution in [2.75, 3.05) is 61.0 Å². The van der Waals surface area contributed by atoms with E-state index in [1.165, 1.54) is 50.3 Å². The van der Waals surface area contributed by atoms with Crippen LogP contribution in [-0.2, 0) is 13.0 Å². The zero-order chi connectivity index (χ0) is 15.9. The third-order valence-electron chi connectivity index (χ3n) is 4.37. The Morgan fingerprint density at radius 1 is 1.13 bits per heavy atom. The number of halogens is 1. The molecule has 2 rings (SSSR count). The van der Waals surface area contributed by atoms with Crippen molar-refractivity contribution in [1.29, 1.82) is 0 Å². The molecule has 0 unspecified atom stereocenters. The lowest BCUT2D eigenvalue weighted by Crippen LogP contribution is -2.44. The summed E-state index contributed by atoms with van der Waals surface area (Å²) in [5.74, 6) is 0.997. The summed E-state index contributed by atoms with van der Waals surface area (Å²) < 4.78 is 5.47. The fourth-order valence-corrected chi connectivity index (χ4v) is 3.03. The predicted molar refractivity (Wildman–Crippen MR) is 99.9 cm³/mol. The molecular formula is C18H32ClN3O. The summed E-state index contributed by atoms with van der Waals surface area (Å²) in [4.78, 5) is 7.18. The van der Waals surface area contributed by atoms with Crippen LogP contribution in [0.3, 0.4) is 0 Å². The van der Waals surface area contributed by atoms with Gasteiger partial charge in [-0.25, -0.2) is 0 Å². The molecule has 1 aliphatic heterocycles. The largest absolute Gasteiger partial charge is 0.496 e. The van der Waals surface area contributed by atoms with Crippen LogP contribution in [0.25, 0.3) is 0 Å². The monoisotopic (exact) mass is 341 g/mol. The zero-order valence-corrected chi connectivity index (χ0v) is 15.9. The van der Waals surface area contributed by atoms with Gasteiger partial charge < -0.3 is 19.4 Å². The number of hydrogen-bond donors (Lipinski definition) is 0. The summed E-state index contributed by atoms with van der Waals surface area (Å²) in [5.41, 5.74) is 2.70. The van der Waals surface area contributed by atoms with Crippen molar-refractivity contribution in [3.05, 3.63) is 29.3 Å². The van der Waals surface area contributed by atoms with E-state index in [9.17, 15) is 0 Å². The van der Waals surface area contributed by atoms with Crippen molar-refractivity contribution < 1.29 is 4.74 Å². The minimum Gasteiger partial charge on any atom is -0.496 e. The Bertz CT molecular complexity index is 460. The Morgan fingerprint density at radius 3 is 2.43 bits per heavy atom. The number of piperazine rings is 1. The molecule has 0 bridgehead atoms. The van der Waals surface area contributed by atoms with Crippen LogP contribution < -0.4 is 4.74 Å². The number of aryl methyl sites for hydroxylation is 1. The van der Waals surface area contributed by atoms with Crippen molar-refractivity contribution in [3.63, 3.8) is 0 Å². The average molecular weight is 342 g/mol. The molecule has 0 aliphatic carbocycles. The molecule has 1 aromatic carbocycles. The molecule has 0 aromatic heterocycles. The van der Waals surface area contributed by atoms with Crippen molar-refractivity contribution >= 4 is 12.4 Å². The molecule has 0 radical (unpaired) electrons. The molecule has 1 heterocycles. The SMILES string of the molecule is COc1ccc(CCCN2CCN(C)CC2)cc1CN(C)C.Cl. The number of hydrogen-bond acceptors (Lipinski definition) is 4. The van der Waals surface area contributed by atoms with Gasteiger partial charge in [-0.05, 0) is 52.2 Å². The molecule has 0 spiro atoms.